The van der Waals surface area contributed by atoms with Crippen LogP contribution in [0, 0.1) is 10.1 Å². The maximum absolute atomic E-state index is 11.5. The van der Waals surface area contributed by atoms with Gasteiger partial charge < -0.3 is 5.32 Å². The van der Waals surface area contributed by atoms with Crippen molar-refractivity contribution in [1.82, 2.24) is 5.32 Å². The van der Waals surface area contributed by atoms with Gasteiger partial charge in [0.15, 0.2) is 5.17 Å². The maximum Gasteiger partial charge on any atom is 0.270 e. The van der Waals surface area contributed by atoms with Crippen LogP contribution in [0.15, 0.2) is 34.5 Å². The summed E-state index contributed by atoms with van der Waals surface area (Å²) < 4.78 is -0.556. The lowest BCUT2D eigenvalue weighted by atomic mass is 10.2. The van der Waals surface area contributed by atoms with Gasteiger partial charge in [-0.25, -0.2) is 0 Å². The van der Waals surface area contributed by atoms with Gasteiger partial charge in [0.2, 0.25) is 5.91 Å². The number of nitrogens with one attached hydrogen (secondary N) is 1. The Kier molecular flexibility index (Phi) is 3.84. The predicted molar refractivity (Wildman–Crippen MR) is 77.9 cm³/mol. The van der Waals surface area contributed by atoms with Crippen molar-refractivity contribution < 1.29 is 9.72 Å². The lowest BCUT2D eigenvalue weighted by Crippen LogP contribution is -2.30. The van der Waals surface area contributed by atoms with E-state index in [-0.39, 0.29) is 11.6 Å². The standard InChI is InChI=1S/C12H12N4O3S/c1-12(2)10(17)14-11(20-12)15-13-7-8-4-3-5-9(6-8)16(18)19/h3-7H,1-2H3,(H,14,15,17)/b13-7-. The van der Waals surface area contributed by atoms with E-state index in [9.17, 15) is 14.9 Å². The van der Waals surface area contributed by atoms with E-state index in [2.05, 4.69) is 15.5 Å². The van der Waals surface area contributed by atoms with Crippen LogP contribution >= 0.6 is 11.8 Å². The first-order valence-electron chi connectivity index (χ1n) is 5.74. The van der Waals surface area contributed by atoms with Crippen molar-refractivity contribution >= 4 is 34.7 Å². The first kappa shape index (κ1) is 14.2. The Labute approximate surface area is 119 Å². The number of amidine groups is 1. The molecule has 0 radical (unpaired) electrons. The van der Waals surface area contributed by atoms with Gasteiger partial charge in [-0.1, -0.05) is 23.9 Å². The van der Waals surface area contributed by atoms with Crippen LogP contribution in [-0.4, -0.2) is 27.0 Å². The van der Waals surface area contributed by atoms with E-state index in [4.69, 9.17) is 0 Å². The Morgan fingerprint density at radius 1 is 1.45 bits per heavy atom. The van der Waals surface area contributed by atoms with Gasteiger partial charge in [-0.05, 0) is 13.8 Å². The van der Waals surface area contributed by atoms with Crippen LogP contribution < -0.4 is 5.32 Å². The molecule has 1 fully saturated rings. The molecular weight excluding hydrogens is 280 g/mol. The summed E-state index contributed by atoms with van der Waals surface area (Å²) in [5, 5.41) is 21.4. The average Bonchev–Trinajstić information content (AvgIpc) is 2.63. The molecular formula is C12H12N4O3S. The zero-order chi connectivity index (χ0) is 14.8. The van der Waals surface area contributed by atoms with E-state index in [0.717, 1.165) is 0 Å². The number of thioether (sulfide) groups is 1. The molecule has 1 heterocycles. The Balaban J connectivity index is 2.09. The highest BCUT2D eigenvalue weighted by Gasteiger charge is 2.38. The number of hydrogen-bond acceptors (Lipinski definition) is 6. The van der Waals surface area contributed by atoms with Crippen molar-refractivity contribution in [3.8, 4) is 0 Å². The summed E-state index contributed by atoms with van der Waals surface area (Å²) in [6.07, 6.45) is 1.40. The van der Waals surface area contributed by atoms with E-state index in [1.54, 1.807) is 26.0 Å². The zero-order valence-electron chi connectivity index (χ0n) is 10.9. The highest BCUT2D eigenvalue weighted by Crippen LogP contribution is 2.30. The minimum atomic E-state index is -0.556. The molecule has 0 spiro atoms. The number of nitro groups is 1. The number of carbonyl (C=O) groups is 1. The summed E-state index contributed by atoms with van der Waals surface area (Å²) in [4.78, 5) is 21.7. The molecule has 7 nitrogen and oxygen atoms in total. The third kappa shape index (κ3) is 3.21. The van der Waals surface area contributed by atoms with E-state index >= 15 is 0 Å². The maximum atomic E-state index is 11.5. The van der Waals surface area contributed by atoms with Crippen molar-refractivity contribution in [2.75, 3.05) is 0 Å². The third-order valence-corrected chi connectivity index (χ3v) is 3.63. The molecule has 0 atom stereocenters. The molecule has 1 aliphatic rings. The molecule has 1 aliphatic heterocycles. The fourth-order valence-corrected chi connectivity index (χ4v) is 2.33. The second-order valence-corrected chi connectivity index (χ2v) is 6.18. The van der Waals surface area contributed by atoms with E-state index in [1.807, 2.05) is 0 Å². The van der Waals surface area contributed by atoms with Gasteiger partial charge in [0.25, 0.3) is 5.69 Å². The summed E-state index contributed by atoms with van der Waals surface area (Å²) in [5.41, 5.74) is 0.559. The third-order valence-electron chi connectivity index (χ3n) is 2.56. The Morgan fingerprint density at radius 3 is 2.80 bits per heavy atom. The second kappa shape index (κ2) is 5.41. The minimum absolute atomic E-state index is 0.00807. The predicted octanol–water partition coefficient (Wildman–Crippen LogP) is 1.93. The number of carbonyl (C=O) groups excluding carboxylic acids is 1. The van der Waals surface area contributed by atoms with E-state index < -0.39 is 9.67 Å². The van der Waals surface area contributed by atoms with Crippen molar-refractivity contribution in [2.45, 2.75) is 18.6 Å². The lowest BCUT2D eigenvalue weighted by molar-refractivity contribution is -0.384. The molecule has 1 saturated heterocycles. The molecule has 0 unspecified atom stereocenters. The largest absolute Gasteiger partial charge is 0.302 e. The highest BCUT2D eigenvalue weighted by atomic mass is 32.2. The Hall–Kier alpha value is -2.22. The number of benzene rings is 1. The van der Waals surface area contributed by atoms with Crippen molar-refractivity contribution in [3.63, 3.8) is 0 Å². The summed E-state index contributed by atoms with van der Waals surface area (Å²) in [6, 6.07) is 6.05. The number of hydrogen-bond donors (Lipinski definition) is 1. The van der Waals surface area contributed by atoms with Gasteiger partial charge in [0.1, 0.15) is 0 Å². The van der Waals surface area contributed by atoms with Crippen LogP contribution in [0.4, 0.5) is 5.69 Å². The average molecular weight is 292 g/mol. The first-order chi connectivity index (χ1) is 9.38. The van der Waals surface area contributed by atoms with Gasteiger partial charge in [-0.2, -0.15) is 5.10 Å². The quantitative estimate of drug-likeness (QED) is 0.523. The van der Waals surface area contributed by atoms with Crippen LogP contribution in [0.1, 0.15) is 19.4 Å². The summed E-state index contributed by atoms with van der Waals surface area (Å²) in [5.74, 6) is -0.119. The number of amides is 1. The molecule has 20 heavy (non-hydrogen) atoms. The van der Waals surface area contributed by atoms with E-state index in [1.165, 1.54) is 30.1 Å². The number of non-ortho nitro benzene ring substituents is 1. The molecule has 104 valence electrons. The van der Waals surface area contributed by atoms with Crippen molar-refractivity contribution in [1.29, 1.82) is 0 Å². The second-order valence-electron chi connectivity index (χ2n) is 4.57. The Morgan fingerprint density at radius 2 is 2.20 bits per heavy atom. The molecule has 1 N–H and O–H groups in total. The van der Waals surface area contributed by atoms with Gasteiger partial charge in [-0.3, -0.25) is 14.9 Å². The smallest absolute Gasteiger partial charge is 0.270 e. The van der Waals surface area contributed by atoms with Crippen molar-refractivity contribution in [2.24, 2.45) is 10.2 Å². The molecule has 1 amide bonds. The fraction of sp³-hybridized carbons (Fsp3) is 0.250. The Bertz CT molecular complexity index is 625. The topological polar surface area (TPSA) is 97.0 Å². The van der Waals surface area contributed by atoms with E-state index in [0.29, 0.717) is 10.7 Å². The van der Waals surface area contributed by atoms with Crippen molar-refractivity contribution in [3.05, 3.63) is 39.9 Å². The molecule has 2 rings (SSSR count). The monoisotopic (exact) mass is 292 g/mol. The fourth-order valence-electron chi connectivity index (χ4n) is 1.47. The van der Waals surface area contributed by atoms with Crippen LogP contribution in [0.5, 0.6) is 0 Å². The number of nitrogens with zero attached hydrogens (tertiary/aromatic N) is 3. The normalized spacial score (nSPS) is 19.5. The molecule has 1 aromatic rings. The number of rotatable bonds is 3. The van der Waals surface area contributed by atoms with Gasteiger partial charge in [0.05, 0.1) is 15.9 Å². The number of nitro benzene ring substituents is 1. The molecule has 0 saturated carbocycles. The highest BCUT2D eigenvalue weighted by molar-refractivity contribution is 8.16. The molecule has 8 heteroatoms. The van der Waals surface area contributed by atoms with Crippen LogP contribution in [-0.2, 0) is 4.79 Å². The van der Waals surface area contributed by atoms with Gasteiger partial charge in [-0.15, -0.1) is 5.10 Å². The molecule has 0 bridgehead atoms. The van der Waals surface area contributed by atoms with Gasteiger partial charge >= 0.3 is 0 Å². The first-order valence-corrected chi connectivity index (χ1v) is 6.56. The summed E-state index contributed by atoms with van der Waals surface area (Å²) >= 11 is 1.29. The summed E-state index contributed by atoms with van der Waals surface area (Å²) in [6.45, 7) is 3.58. The van der Waals surface area contributed by atoms with Crippen LogP contribution in [0.2, 0.25) is 0 Å². The lowest BCUT2D eigenvalue weighted by Gasteiger charge is -2.08. The zero-order valence-corrected chi connectivity index (χ0v) is 11.7. The minimum Gasteiger partial charge on any atom is -0.302 e. The molecule has 0 aromatic heterocycles. The molecule has 1 aromatic carbocycles. The van der Waals surface area contributed by atoms with Crippen LogP contribution in [0.25, 0.3) is 0 Å². The molecule has 0 aliphatic carbocycles. The van der Waals surface area contributed by atoms with Gasteiger partial charge in [0, 0.05) is 17.7 Å². The summed E-state index contributed by atoms with van der Waals surface area (Å²) in [7, 11) is 0. The van der Waals surface area contributed by atoms with Crippen LogP contribution in [0.3, 0.4) is 0 Å². The SMILES string of the molecule is CC1(C)S/C(=N/N=C\c2cccc([N+](=O)[O-])c2)NC1=O.